The molecular weight excluding hydrogens is 186 g/mol. The van der Waals surface area contributed by atoms with Crippen LogP contribution in [0.4, 0.5) is 0 Å². The summed E-state index contributed by atoms with van der Waals surface area (Å²) >= 11 is 0. The Kier molecular flexibility index (Phi) is 3.61. The maximum Gasteiger partial charge on any atom is 0.0696 e. The van der Waals surface area contributed by atoms with Gasteiger partial charge in [-0.3, -0.25) is 0 Å². The van der Waals surface area contributed by atoms with Crippen LogP contribution in [0.1, 0.15) is 38.5 Å². The van der Waals surface area contributed by atoms with Gasteiger partial charge in [-0.25, -0.2) is 0 Å². The summed E-state index contributed by atoms with van der Waals surface area (Å²) in [6.07, 6.45) is 7.51. The molecule has 0 spiro atoms. The highest BCUT2D eigenvalue weighted by Crippen LogP contribution is 2.44. The summed E-state index contributed by atoms with van der Waals surface area (Å²) in [5.41, 5.74) is 6.17. The molecule has 0 radical (unpaired) electrons. The van der Waals surface area contributed by atoms with Crippen LogP contribution in [0.2, 0.25) is 0 Å². The van der Waals surface area contributed by atoms with Gasteiger partial charge in [0.05, 0.1) is 5.60 Å². The number of rotatable bonds is 1. The second-order valence-electron chi connectivity index (χ2n) is 4.55. The molecule has 0 aromatic heterocycles. The Morgan fingerprint density at radius 2 is 2.15 bits per heavy atom. The van der Waals surface area contributed by atoms with Crippen molar-refractivity contribution < 1.29 is 4.74 Å². The zero-order valence-corrected chi connectivity index (χ0v) is 9.11. The van der Waals surface area contributed by atoms with Crippen molar-refractivity contribution in [3.05, 3.63) is 0 Å². The van der Waals surface area contributed by atoms with Gasteiger partial charge in [0.15, 0.2) is 0 Å². The number of ether oxygens (including phenoxy) is 1. The van der Waals surface area contributed by atoms with Gasteiger partial charge >= 0.3 is 0 Å². The van der Waals surface area contributed by atoms with Crippen molar-refractivity contribution in [3.8, 4) is 0 Å². The lowest BCUT2D eigenvalue weighted by Gasteiger charge is -2.46. The van der Waals surface area contributed by atoms with Crippen molar-refractivity contribution in [1.29, 1.82) is 0 Å². The molecule has 2 aliphatic carbocycles. The minimum absolute atomic E-state index is 0. The van der Waals surface area contributed by atoms with Gasteiger partial charge < -0.3 is 10.5 Å². The van der Waals surface area contributed by atoms with Crippen LogP contribution in [-0.4, -0.2) is 18.8 Å². The van der Waals surface area contributed by atoms with Gasteiger partial charge in [0.25, 0.3) is 0 Å². The highest BCUT2D eigenvalue weighted by atomic mass is 35.5. The van der Waals surface area contributed by atoms with E-state index in [4.69, 9.17) is 10.5 Å². The van der Waals surface area contributed by atoms with Gasteiger partial charge in [-0.1, -0.05) is 12.8 Å². The normalized spacial score (nSPS) is 43.8. The Balaban J connectivity index is 0.000000845. The Bertz CT molecular complexity index is 172. The van der Waals surface area contributed by atoms with Crippen LogP contribution in [-0.2, 0) is 4.74 Å². The van der Waals surface area contributed by atoms with Gasteiger partial charge in [0.2, 0.25) is 0 Å². The van der Waals surface area contributed by atoms with Crippen LogP contribution in [0.3, 0.4) is 0 Å². The third kappa shape index (κ3) is 2.17. The second-order valence-corrected chi connectivity index (χ2v) is 4.55. The lowest BCUT2D eigenvalue weighted by Crippen LogP contribution is -2.48. The summed E-state index contributed by atoms with van der Waals surface area (Å²) in [5.74, 6) is 0.849. The quantitative estimate of drug-likeness (QED) is 0.712. The van der Waals surface area contributed by atoms with Gasteiger partial charge in [0, 0.05) is 13.2 Å². The molecule has 2 N–H and O–H groups in total. The van der Waals surface area contributed by atoms with E-state index in [0.717, 1.165) is 12.3 Å². The largest absolute Gasteiger partial charge is 0.378 e. The predicted molar refractivity (Wildman–Crippen MR) is 56.2 cm³/mol. The Labute approximate surface area is 86.6 Å². The molecule has 0 aromatic carbocycles. The molecule has 2 aliphatic rings. The molecule has 2 fully saturated rings. The minimum Gasteiger partial charge on any atom is -0.378 e. The molecule has 2 saturated carbocycles. The SMILES string of the molecule is CO[C@@]12CCC[C@@H](C[C@H](N)C1)C2.Cl. The van der Waals surface area contributed by atoms with Crippen molar-refractivity contribution in [2.75, 3.05) is 7.11 Å². The molecule has 78 valence electrons. The zero-order chi connectivity index (χ0) is 8.60. The molecule has 0 heterocycles. The lowest BCUT2D eigenvalue weighted by molar-refractivity contribution is -0.0852. The topological polar surface area (TPSA) is 35.2 Å². The molecular formula is C10H20ClNO. The van der Waals surface area contributed by atoms with Gasteiger partial charge in [-0.15, -0.1) is 12.4 Å². The first-order valence-corrected chi connectivity index (χ1v) is 5.05. The third-order valence-corrected chi connectivity index (χ3v) is 3.61. The predicted octanol–water partition coefficient (Wildman–Crippen LogP) is 2.10. The van der Waals surface area contributed by atoms with Crippen molar-refractivity contribution in [2.24, 2.45) is 11.7 Å². The number of halogens is 1. The van der Waals surface area contributed by atoms with Crippen molar-refractivity contribution in [3.63, 3.8) is 0 Å². The van der Waals surface area contributed by atoms with Crippen LogP contribution in [0.15, 0.2) is 0 Å². The van der Waals surface area contributed by atoms with Crippen LogP contribution in [0, 0.1) is 5.92 Å². The fourth-order valence-corrected chi connectivity index (χ4v) is 3.09. The van der Waals surface area contributed by atoms with Crippen LogP contribution >= 0.6 is 12.4 Å². The molecule has 3 atom stereocenters. The van der Waals surface area contributed by atoms with E-state index >= 15 is 0 Å². The smallest absolute Gasteiger partial charge is 0.0696 e. The molecule has 0 amide bonds. The summed E-state index contributed by atoms with van der Waals surface area (Å²) in [7, 11) is 1.85. The summed E-state index contributed by atoms with van der Waals surface area (Å²) in [4.78, 5) is 0. The van der Waals surface area contributed by atoms with Gasteiger partial charge in [-0.05, 0) is 31.6 Å². The average molecular weight is 206 g/mol. The standard InChI is InChI=1S/C10H19NO.ClH/c1-12-10-4-2-3-8(6-10)5-9(11)7-10;/h8-9H,2-7,11H2,1H3;1H/t8-,9-,10+;/m0./s1. The Morgan fingerprint density at radius 3 is 2.85 bits per heavy atom. The van der Waals surface area contributed by atoms with E-state index in [1.807, 2.05) is 7.11 Å². The monoisotopic (exact) mass is 205 g/mol. The summed E-state index contributed by atoms with van der Waals surface area (Å²) < 4.78 is 5.64. The van der Waals surface area contributed by atoms with E-state index in [2.05, 4.69) is 0 Å². The first-order chi connectivity index (χ1) is 5.74. The number of hydrogen-bond acceptors (Lipinski definition) is 2. The second kappa shape index (κ2) is 4.16. The van der Waals surface area contributed by atoms with Gasteiger partial charge in [-0.2, -0.15) is 0 Å². The molecule has 0 aromatic rings. The van der Waals surface area contributed by atoms with Crippen LogP contribution < -0.4 is 5.73 Å². The van der Waals surface area contributed by atoms with E-state index in [1.54, 1.807) is 0 Å². The van der Waals surface area contributed by atoms with E-state index in [1.165, 1.54) is 32.1 Å². The molecule has 2 rings (SSSR count). The van der Waals surface area contributed by atoms with Crippen molar-refractivity contribution in [2.45, 2.75) is 50.2 Å². The van der Waals surface area contributed by atoms with E-state index in [-0.39, 0.29) is 18.0 Å². The highest BCUT2D eigenvalue weighted by Gasteiger charge is 2.42. The van der Waals surface area contributed by atoms with Crippen LogP contribution in [0.5, 0.6) is 0 Å². The molecule has 3 heteroatoms. The Hall–Kier alpha value is 0.210. The van der Waals surface area contributed by atoms with Crippen molar-refractivity contribution in [1.82, 2.24) is 0 Å². The maximum absolute atomic E-state index is 6.01. The zero-order valence-electron chi connectivity index (χ0n) is 8.29. The molecule has 2 nitrogen and oxygen atoms in total. The number of fused-ring (bicyclic) bond motifs is 2. The molecule has 0 aliphatic heterocycles. The number of hydrogen-bond donors (Lipinski definition) is 1. The molecule has 0 saturated heterocycles. The number of methoxy groups -OCH3 is 1. The fraction of sp³-hybridized carbons (Fsp3) is 1.00. The molecule has 13 heavy (non-hydrogen) atoms. The summed E-state index contributed by atoms with van der Waals surface area (Å²) in [5, 5.41) is 0. The third-order valence-electron chi connectivity index (χ3n) is 3.61. The molecule has 0 unspecified atom stereocenters. The Morgan fingerprint density at radius 1 is 1.38 bits per heavy atom. The lowest BCUT2D eigenvalue weighted by atomic mass is 9.67. The first kappa shape index (κ1) is 11.3. The number of nitrogens with two attached hydrogens (primary N) is 1. The maximum atomic E-state index is 6.01. The van der Waals surface area contributed by atoms with Crippen LogP contribution in [0.25, 0.3) is 0 Å². The highest BCUT2D eigenvalue weighted by molar-refractivity contribution is 5.85. The average Bonchev–Trinajstić information content (AvgIpc) is 2.03. The van der Waals surface area contributed by atoms with Crippen molar-refractivity contribution >= 4 is 12.4 Å². The molecule has 2 bridgehead atoms. The van der Waals surface area contributed by atoms with E-state index in [9.17, 15) is 0 Å². The van der Waals surface area contributed by atoms with Gasteiger partial charge in [0.1, 0.15) is 0 Å². The summed E-state index contributed by atoms with van der Waals surface area (Å²) in [6.45, 7) is 0. The fourth-order valence-electron chi connectivity index (χ4n) is 3.09. The summed E-state index contributed by atoms with van der Waals surface area (Å²) in [6, 6.07) is 0.393. The first-order valence-electron chi connectivity index (χ1n) is 5.05. The minimum atomic E-state index is 0. The van der Waals surface area contributed by atoms with E-state index < -0.39 is 0 Å². The van der Waals surface area contributed by atoms with E-state index in [0.29, 0.717) is 6.04 Å².